The van der Waals surface area contributed by atoms with Gasteiger partial charge in [0.2, 0.25) is 0 Å². The molecule has 3 rings (SSSR count). The maximum atomic E-state index is 14.0. The number of rotatable bonds is 4. The first-order valence-corrected chi connectivity index (χ1v) is 7.34. The van der Waals surface area contributed by atoms with Gasteiger partial charge in [-0.25, -0.2) is 18.2 Å². The van der Waals surface area contributed by atoms with E-state index in [-0.39, 0.29) is 34.7 Å². The minimum absolute atomic E-state index is 0.0723. The van der Waals surface area contributed by atoms with Gasteiger partial charge in [0.25, 0.3) is 5.91 Å². The summed E-state index contributed by atoms with van der Waals surface area (Å²) < 4.78 is 45.3. The molecule has 0 saturated heterocycles. The Balaban J connectivity index is 1.89. The Morgan fingerprint density at radius 2 is 1.80 bits per heavy atom. The molecule has 0 bridgehead atoms. The normalized spacial score (nSPS) is 10.7. The van der Waals surface area contributed by atoms with Crippen LogP contribution in [-0.2, 0) is 6.54 Å². The third-order valence-electron chi connectivity index (χ3n) is 3.61. The molecule has 0 aliphatic carbocycles. The van der Waals surface area contributed by atoms with E-state index in [0.717, 1.165) is 6.07 Å². The number of amides is 1. The van der Waals surface area contributed by atoms with E-state index in [2.05, 4.69) is 10.3 Å². The van der Waals surface area contributed by atoms with Crippen LogP contribution in [-0.4, -0.2) is 18.0 Å². The number of pyridine rings is 1. The van der Waals surface area contributed by atoms with Crippen molar-refractivity contribution in [2.24, 2.45) is 0 Å². The highest BCUT2D eigenvalue weighted by atomic mass is 19.1. The Labute approximate surface area is 141 Å². The Kier molecular flexibility index (Phi) is 4.56. The van der Waals surface area contributed by atoms with Crippen molar-refractivity contribution < 1.29 is 22.7 Å². The van der Waals surface area contributed by atoms with Gasteiger partial charge in [-0.15, -0.1) is 0 Å². The quantitative estimate of drug-likeness (QED) is 0.785. The third kappa shape index (κ3) is 3.55. The monoisotopic (exact) mass is 346 g/mol. The summed E-state index contributed by atoms with van der Waals surface area (Å²) in [6, 6.07) is 8.71. The molecular weight excluding hydrogens is 333 g/mol. The lowest BCUT2D eigenvalue weighted by Gasteiger charge is -2.10. The molecule has 0 spiro atoms. The van der Waals surface area contributed by atoms with Crippen LogP contribution in [0.4, 0.5) is 13.2 Å². The summed E-state index contributed by atoms with van der Waals surface area (Å²) in [7, 11) is 1.33. The average Bonchev–Trinajstić information content (AvgIpc) is 2.60. The van der Waals surface area contributed by atoms with Crippen LogP contribution in [0.15, 0.2) is 42.5 Å². The molecule has 0 radical (unpaired) electrons. The van der Waals surface area contributed by atoms with Gasteiger partial charge in [0.1, 0.15) is 28.6 Å². The topological polar surface area (TPSA) is 51.2 Å². The molecule has 4 nitrogen and oxygen atoms in total. The lowest BCUT2D eigenvalue weighted by atomic mass is 10.1. The Morgan fingerprint density at radius 3 is 2.48 bits per heavy atom. The van der Waals surface area contributed by atoms with Crippen molar-refractivity contribution in [2.75, 3.05) is 7.11 Å². The smallest absolute Gasteiger partial charge is 0.270 e. The van der Waals surface area contributed by atoms with Crippen LogP contribution in [0.5, 0.6) is 5.75 Å². The molecule has 0 atom stereocenters. The van der Waals surface area contributed by atoms with Crippen LogP contribution in [0.2, 0.25) is 0 Å². The number of nitrogens with zero attached hydrogens (tertiary/aromatic N) is 1. The van der Waals surface area contributed by atoms with Crippen LogP contribution >= 0.6 is 0 Å². The molecule has 0 unspecified atom stereocenters. The van der Waals surface area contributed by atoms with E-state index in [4.69, 9.17) is 4.74 Å². The summed E-state index contributed by atoms with van der Waals surface area (Å²) in [5.41, 5.74) is 0.459. The van der Waals surface area contributed by atoms with Crippen LogP contribution in [0.3, 0.4) is 0 Å². The van der Waals surface area contributed by atoms with Gasteiger partial charge in [-0.1, -0.05) is 12.1 Å². The number of carbonyl (C=O) groups is 1. The maximum Gasteiger partial charge on any atom is 0.270 e. The summed E-state index contributed by atoms with van der Waals surface area (Å²) in [6.07, 6.45) is 0. The van der Waals surface area contributed by atoms with E-state index in [0.29, 0.717) is 11.6 Å². The van der Waals surface area contributed by atoms with Crippen molar-refractivity contribution in [3.05, 3.63) is 71.2 Å². The molecule has 1 N–H and O–H groups in total. The van der Waals surface area contributed by atoms with Gasteiger partial charge in [0, 0.05) is 24.1 Å². The zero-order chi connectivity index (χ0) is 18.0. The lowest BCUT2D eigenvalue weighted by Crippen LogP contribution is -2.24. The summed E-state index contributed by atoms with van der Waals surface area (Å²) in [4.78, 5) is 16.2. The fourth-order valence-electron chi connectivity index (χ4n) is 2.38. The minimum Gasteiger partial charge on any atom is -0.496 e. The van der Waals surface area contributed by atoms with Crippen LogP contribution in [0, 0.1) is 17.5 Å². The summed E-state index contributed by atoms with van der Waals surface area (Å²) >= 11 is 0. The highest BCUT2D eigenvalue weighted by Gasteiger charge is 2.16. The third-order valence-corrected chi connectivity index (χ3v) is 3.61. The number of carbonyl (C=O) groups excluding carboxylic acids is 1. The number of ether oxygens (including phenoxy) is 1. The van der Waals surface area contributed by atoms with E-state index in [1.54, 1.807) is 0 Å². The van der Waals surface area contributed by atoms with Crippen molar-refractivity contribution >= 4 is 16.8 Å². The summed E-state index contributed by atoms with van der Waals surface area (Å²) in [6.45, 7) is 0.146. The van der Waals surface area contributed by atoms with Crippen molar-refractivity contribution in [3.63, 3.8) is 0 Å². The second-order valence-electron chi connectivity index (χ2n) is 5.30. The molecule has 0 saturated carbocycles. The minimum atomic E-state index is -0.888. The molecule has 1 amide bonds. The molecule has 3 aromatic rings. The van der Waals surface area contributed by atoms with Crippen molar-refractivity contribution in [1.29, 1.82) is 0 Å². The molecule has 0 fully saturated rings. The first kappa shape index (κ1) is 16.8. The van der Waals surface area contributed by atoms with Gasteiger partial charge in [-0.2, -0.15) is 0 Å². The van der Waals surface area contributed by atoms with Crippen molar-refractivity contribution in [1.82, 2.24) is 10.3 Å². The van der Waals surface area contributed by atoms with E-state index in [1.807, 2.05) is 0 Å². The number of hydrogen-bond acceptors (Lipinski definition) is 3. The largest absolute Gasteiger partial charge is 0.496 e. The van der Waals surface area contributed by atoms with Gasteiger partial charge < -0.3 is 10.1 Å². The number of aromatic nitrogens is 1. The van der Waals surface area contributed by atoms with Gasteiger partial charge in [-0.3, -0.25) is 4.79 Å². The summed E-state index contributed by atoms with van der Waals surface area (Å²) in [5.74, 6) is -2.46. The van der Waals surface area contributed by atoms with Gasteiger partial charge in [0.05, 0.1) is 7.11 Å². The van der Waals surface area contributed by atoms with E-state index < -0.39 is 17.5 Å². The number of benzene rings is 2. The number of methoxy groups -OCH3 is 1. The molecule has 7 heteroatoms. The maximum absolute atomic E-state index is 14.0. The molecule has 1 heterocycles. The molecule has 0 aliphatic rings. The number of nitrogens with one attached hydrogen (secondary N) is 1. The van der Waals surface area contributed by atoms with E-state index in [1.165, 1.54) is 37.4 Å². The molecule has 2 aromatic carbocycles. The number of fused-ring (bicyclic) bond motifs is 1. The Hall–Kier alpha value is -3.09. The Morgan fingerprint density at radius 1 is 1.08 bits per heavy atom. The fraction of sp³-hybridized carbons (Fsp3) is 0.111. The highest BCUT2D eigenvalue weighted by molar-refractivity contribution is 5.97. The standard InChI is InChI=1S/C18H13F3N2O2/c1-25-16-8-15(23-17-13(16)6-12(20)7-14(17)21)18(24)22-9-10-2-4-11(19)5-3-10/h2-8H,9H2,1H3,(H,22,24). The van der Waals surface area contributed by atoms with Crippen molar-refractivity contribution in [2.45, 2.75) is 6.54 Å². The zero-order valence-electron chi connectivity index (χ0n) is 13.1. The number of halogens is 3. The molecule has 1 aromatic heterocycles. The van der Waals surface area contributed by atoms with Crippen molar-refractivity contribution in [3.8, 4) is 5.75 Å². The molecule has 0 aliphatic heterocycles. The van der Waals surface area contributed by atoms with Gasteiger partial charge >= 0.3 is 0 Å². The fourth-order valence-corrected chi connectivity index (χ4v) is 2.38. The van der Waals surface area contributed by atoms with Gasteiger partial charge in [-0.05, 0) is 23.8 Å². The lowest BCUT2D eigenvalue weighted by molar-refractivity contribution is 0.0946. The second-order valence-corrected chi connectivity index (χ2v) is 5.30. The van der Waals surface area contributed by atoms with E-state index in [9.17, 15) is 18.0 Å². The molecule has 128 valence electrons. The van der Waals surface area contributed by atoms with Gasteiger partial charge in [0.15, 0.2) is 5.82 Å². The SMILES string of the molecule is COc1cc(C(=O)NCc2ccc(F)cc2)nc2c(F)cc(F)cc12. The first-order valence-electron chi connectivity index (χ1n) is 7.34. The predicted octanol–water partition coefficient (Wildman–Crippen LogP) is 3.59. The van der Waals surface area contributed by atoms with Crippen LogP contribution in [0.1, 0.15) is 16.1 Å². The summed E-state index contributed by atoms with van der Waals surface area (Å²) in [5, 5.41) is 2.74. The highest BCUT2D eigenvalue weighted by Crippen LogP contribution is 2.28. The predicted molar refractivity (Wildman–Crippen MR) is 85.8 cm³/mol. The average molecular weight is 346 g/mol. The van der Waals surface area contributed by atoms with Crippen LogP contribution in [0.25, 0.3) is 10.9 Å². The van der Waals surface area contributed by atoms with Crippen LogP contribution < -0.4 is 10.1 Å². The molecular formula is C18H13F3N2O2. The number of hydrogen-bond donors (Lipinski definition) is 1. The Bertz CT molecular complexity index is 943. The second kappa shape index (κ2) is 6.80. The zero-order valence-corrected chi connectivity index (χ0v) is 13.1. The first-order chi connectivity index (χ1) is 12.0. The molecule has 25 heavy (non-hydrogen) atoms. The van der Waals surface area contributed by atoms with E-state index >= 15 is 0 Å².